The molecular formula is C10H8N2O2S. The monoisotopic (exact) mass is 220 g/mol. The Balaban J connectivity index is 2.34. The zero-order valence-electron chi connectivity index (χ0n) is 7.70. The van der Waals surface area contributed by atoms with Crippen molar-refractivity contribution in [2.45, 2.75) is 0 Å². The summed E-state index contributed by atoms with van der Waals surface area (Å²) in [6.07, 6.45) is 6.22. The smallest absolute Gasteiger partial charge is 0.328 e. The van der Waals surface area contributed by atoms with Gasteiger partial charge in [-0.2, -0.15) is 0 Å². The van der Waals surface area contributed by atoms with Gasteiger partial charge in [0.1, 0.15) is 0 Å². The van der Waals surface area contributed by atoms with Gasteiger partial charge < -0.3 is 5.11 Å². The maximum atomic E-state index is 10.4. The van der Waals surface area contributed by atoms with Crippen LogP contribution in [0.1, 0.15) is 5.69 Å². The van der Waals surface area contributed by atoms with Crippen LogP contribution >= 0.6 is 11.3 Å². The molecule has 0 fully saturated rings. The molecule has 0 aromatic carbocycles. The fraction of sp³-hybridized carbons (Fsp3) is 0. The maximum absolute atomic E-state index is 10.4. The maximum Gasteiger partial charge on any atom is 0.328 e. The zero-order chi connectivity index (χ0) is 10.7. The summed E-state index contributed by atoms with van der Waals surface area (Å²) in [6.45, 7) is 0. The number of thiazole rings is 1. The Hall–Kier alpha value is -1.88. The molecule has 2 aromatic heterocycles. The third-order valence-corrected chi connectivity index (χ3v) is 2.57. The second-order valence-electron chi connectivity index (χ2n) is 2.79. The SMILES string of the molecule is O=C(O)C=Cc1cccn1-c1nccs1. The van der Waals surface area contributed by atoms with E-state index in [1.54, 1.807) is 12.3 Å². The van der Waals surface area contributed by atoms with Crippen LogP contribution in [0.3, 0.4) is 0 Å². The van der Waals surface area contributed by atoms with Gasteiger partial charge in [0, 0.05) is 29.5 Å². The van der Waals surface area contributed by atoms with Crippen molar-refractivity contribution in [3.63, 3.8) is 0 Å². The van der Waals surface area contributed by atoms with Crippen molar-refractivity contribution in [2.24, 2.45) is 0 Å². The molecule has 5 heteroatoms. The Labute approximate surface area is 90.1 Å². The molecule has 0 aliphatic heterocycles. The first-order valence-corrected chi connectivity index (χ1v) is 5.13. The van der Waals surface area contributed by atoms with E-state index in [2.05, 4.69) is 4.98 Å². The highest BCUT2D eigenvalue weighted by atomic mass is 32.1. The summed E-state index contributed by atoms with van der Waals surface area (Å²) in [5, 5.41) is 11.2. The van der Waals surface area contributed by atoms with Crippen LogP contribution in [0.4, 0.5) is 0 Å². The average molecular weight is 220 g/mol. The Morgan fingerprint density at radius 3 is 3.13 bits per heavy atom. The molecule has 76 valence electrons. The van der Waals surface area contributed by atoms with E-state index < -0.39 is 5.97 Å². The number of nitrogens with zero attached hydrogens (tertiary/aromatic N) is 2. The van der Waals surface area contributed by atoms with Crippen LogP contribution in [-0.4, -0.2) is 20.6 Å². The Morgan fingerprint density at radius 1 is 1.60 bits per heavy atom. The zero-order valence-corrected chi connectivity index (χ0v) is 8.52. The second-order valence-corrected chi connectivity index (χ2v) is 3.66. The number of rotatable bonds is 3. The standard InChI is InChI=1S/C10H8N2O2S/c13-9(14)4-3-8-2-1-6-12(8)10-11-5-7-15-10/h1-7H,(H,13,14). The molecule has 1 N–H and O–H groups in total. The lowest BCUT2D eigenvalue weighted by Gasteiger charge is -1.99. The molecule has 2 heterocycles. The summed E-state index contributed by atoms with van der Waals surface area (Å²) in [5.74, 6) is -0.957. The fourth-order valence-corrected chi connectivity index (χ4v) is 1.84. The van der Waals surface area contributed by atoms with Gasteiger partial charge >= 0.3 is 5.97 Å². The number of hydrogen-bond donors (Lipinski definition) is 1. The van der Waals surface area contributed by atoms with Gasteiger partial charge in [0.2, 0.25) is 0 Å². The fourth-order valence-electron chi connectivity index (χ4n) is 1.20. The molecule has 0 atom stereocenters. The largest absolute Gasteiger partial charge is 0.478 e. The first-order valence-electron chi connectivity index (χ1n) is 4.25. The van der Waals surface area contributed by atoms with Crippen LogP contribution in [0.5, 0.6) is 0 Å². The lowest BCUT2D eigenvalue weighted by molar-refractivity contribution is -0.131. The lowest BCUT2D eigenvalue weighted by atomic mass is 10.4. The second kappa shape index (κ2) is 4.10. The van der Waals surface area contributed by atoms with Crippen molar-refractivity contribution in [3.8, 4) is 5.13 Å². The van der Waals surface area contributed by atoms with Crippen LogP contribution in [0.2, 0.25) is 0 Å². The predicted molar refractivity (Wildman–Crippen MR) is 58.1 cm³/mol. The molecule has 2 aromatic rings. The first-order chi connectivity index (χ1) is 7.27. The van der Waals surface area contributed by atoms with Gasteiger partial charge in [-0.25, -0.2) is 9.78 Å². The topological polar surface area (TPSA) is 55.1 Å². The molecule has 0 spiro atoms. The number of carbonyl (C=O) groups is 1. The predicted octanol–water partition coefficient (Wildman–Crippen LogP) is 2.03. The Kier molecular flexibility index (Phi) is 2.64. The van der Waals surface area contributed by atoms with E-state index in [1.165, 1.54) is 11.3 Å². The molecular weight excluding hydrogens is 212 g/mol. The summed E-state index contributed by atoms with van der Waals surface area (Å²) in [6, 6.07) is 3.68. The van der Waals surface area contributed by atoms with Gasteiger partial charge in [0.15, 0.2) is 5.13 Å². The number of carboxylic acids is 1. The van der Waals surface area contributed by atoms with Gasteiger partial charge in [-0.3, -0.25) is 4.57 Å². The summed E-state index contributed by atoms with van der Waals surface area (Å²) < 4.78 is 1.84. The Morgan fingerprint density at radius 2 is 2.47 bits per heavy atom. The molecule has 0 aliphatic rings. The summed E-state index contributed by atoms with van der Waals surface area (Å²) >= 11 is 1.50. The molecule has 0 amide bonds. The van der Waals surface area contributed by atoms with E-state index in [0.717, 1.165) is 16.9 Å². The number of hydrogen-bond acceptors (Lipinski definition) is 3. The normalized spacial score (nSPS) is 10.9. The van der Waals surface area contributed by atoms with Crippen LogP contribution in [0, 0.1) is 0 Å². The van der Waals surface area contributed by atoms with E-state index in [0.29, 0.717) is 0 Å². The summed E-state index contributed by atoms with van der Waals surface area (Å²) in [7, 11) is 0. The van der Waals surface area contributed by atoms with Crippen molar-refractivity contribution in [1.82, 2.24) is 9.55 Å². The lowest BCUT2D eigenvalue weighted by Crippen LogP contribution is -1.94. The molecule has 0 radical (unpaired) electrons. The molecule has 15 heavy (non-hydrogen) atoms. The quantitative estimate of drug-likeness (QED) is 0.805. The van der Waals surface area contributed by atoms with Gasteiger partial charge in [-0.05, 0) is 18.2 Å². The number of aliphatic carboxylic acids is 1. The molecule has 4 nitrogen and oxygen atoms in total. The van der Waals surface area contributed by atoms with Crippen molar-refractivity contribution in [2.75, 3.05) is 0 Å². The van der Waals surface area contributed by atoms with Crippen molar-refractivity contribution >= 4 is 23.4 Å². The molecule has 0 bridgehead atoms. The molecule has 2 rings (SSSR count). The van der Waals surface area contributed by atoms with Gasteiger partial charge in [-0.1, -0.05) is 0 Å². The van der Waals surface area contributed by atoms with Crippen LogP contribution in [0.25, 0.3) is 11.2 Å². The minimum Gasteiger partial charge on any atom is -0.478 e. The number of aromatic nitrogens is 2. The van der Waals surface area contributed by atoms with E-state index in [1.807, 2.05) is 28.3 Å². The Bertz CT molecular complexity index is 485. The summed E-state index contributed by atoms with van der Waals surface area (Å²) in [5.41, 5.74) is 0.798. The molecule has 0 unspecified atom stereocenters. The molecule has 0 aliphatic carbocycles. The molecule has 0 saturated carbocycles. The minimum atomic E-state index is -0.957. The van der Waals surface area contributed by atoms with Crippen molar-refractivity contribution in [1.29, 1.82) is 0 Å². The highest BCUT2D eigenvalue weighted by Gasteiger charge is 2.02. The van der Waals surface area contributed by atoms with Crippen molar-refractivity contribution < 1.29 is 9.90 Å². The first kappa shape index (κ1) is 9.67. The molecule has 0 saturated heterocycles. The van der Waals surface area contributed by atoms with E-state index in [9.17, 15) is 4.79 Å². The highest BCUT2D eigenvalue weighted by molar-refractivity contribution is 7.12. The third-order valence-electron chi connectivity index (χ3n) is 1.80. The number of carboxylic acid groups (broad SMARTS) is 1. The van der Waals surface area contributed by atoms with Gasteiger partial charge in [-0.15, -0.1) is 11.3 Å². The van der Waals surface area contributed by atoms with Gasteiger partial charge in [0.05, 0.1) is 0 Å². The average Bonchev–Trinajstić information content (AvgIpc) is 2.85. The summed E-state index contributed by atoms with van der Waals surface area (Å²) in [4.78, 5) is 14.5. The van der Waals surface area contributed by atoms with Gasteiger partial charge in [0.25, 0.3) is 0 Å². The van der Waals surface area contributed by atoms with E-state index in [4.69, 9.17) is 5.11 Å². The van der Waals surface area contributed by atoms with E-state index in [-0.39, 0.29) is 0 Å². The van der Waals surface area contributed by atoms with E-state index >= 15 is 0 Å². The van der Waals surface area contributed by atoms with Crippen LogP contribution in [-0.2, 0) is 4.79 Å². The highest BCUT2D eigenvalue weighted by Crippen LogP contribution is 2.15. The van der Waals surface area contributed by atoms with Crippen molar-refractivity contribution in [3.05, 3.63) is 41.7 Å². The van der Waals surface area contributed by atoms with Crippen LogP contribution in [0.15, 0.2) is 36.0 Å². The van der Waals surface area contributed by atoms with Crippen LogP contribution < -0.4 is 0 Å². The minimum absolute atomic E-state index is 0.798. The third kappa shape index (κ3) is 2.13.